The summed E-state index contributed by atoms with van der Waals surface area (Å²) in [6.07, 6.45) is -1.41. The second kappa shape index (κ2) is 6.58. The monoisotopic (exact) mass is 300 g/mol. The first-order chi connectivity index (χ1) is 9.97. The highest BCUT2D eigenvalue weighted by Crippen LogP contribution is 2.24. The van der Waals surface area contributed by atoms with Crippen LogP contribution in [0.25, 0.3) is 0 Å². The SMILES string of the molecule is OC(Cc1c(F)cccc1F)c1ccc(OC(F)F)cc1. The van der Waals surface area contributed by atoms with Gasteiger partial charge in [-0.3, -0.25) is 0 Å². The maximum absolute atomic E-state index is 13.5. The number of alkyl halides is 2. The van der Waals surface area contributed by atoms with Crippen molar-refractivity contribution in [1.29, 1.82) is 0 Å². The Bertz CT molecular complexity index is 579. The second-order valence-electron chi connectivity index (χ2n) is 4.37. The second-order valence-corrected chi connectivity index (χ2v) is 4.37. The molecule has 21 heavy (non-hydrogen) atoms. The quantitative estimate of drug-likeness (QED) is 0.850. The normalized spacial score (nSPS) is 12.5. The van der Waals surface area contributed by atoms with E-state index in [1.54, 1.807) is 0 Å². The molecule has 0 aromatic heterocycles. The van der Waals surface area contributed by atoms with Gasteiger partial charge in [-0.25, -0.2) is 8.78 Å². The number of aliphatic hydroxyl groups is 1. The van der Waals surface area contributed by atoms with E-state index in [0.29, 0.717) is 5.56 Å². The fourth-order valence-electron chi connectivity index (χ4n) is 1.91. The van der Waals surface area contributed by atoms with Crippen molar-refractivity contribution in [3.63, 3.8) is 0 Å². The van der Waals surface area contributed by atoms with E-state index in [9.17, 15) is 22.7 Å². The summed E-state index contributed by atoms with van der Waals surface area (Å²) in [5, 5.41) is 9.97. The van der Waals surface area contributed by atoms with Gasteiger partial charge >= 0.3 is 6.61 Å². The largest absolute Gasteiger partial charge is 0.435 e. The smallest absolute Gasteiger partial charge is 0.387 e. The predicted octanol–water partition coefficient (Wildman–Crippen LogP) is 3.84. The van der Waals surface area contributed by atoms with Gasteiger partial charge in [0.25, 0.3) is 0 Å². The standard InChI is InChI=1S/C15H12F4O2/c16-12-2-1-3-13(17)11(12)8-14(20)9-4-6-10(7-5-9)21-15(18)19/h1-7,14-15,20H,8H2. The highest BCUT2D eigenvalue weighted by atomic mass is 19.3. The molecule has 6 heteroatoms. The van der Waals surface area contributed by atoms with Crippen LogP contribution in [0.1, 0.15) is 17.2 Å². The first kappa shape index (κ1) is 15.3. The third kappa shape index (κ3) is 3.95. The Kier molecular flexibility index (Phi) is 4.80. The topological polar surface area (TPSA) is 29.5 Å². The van der Waals surface area contributed by atoms with Crippen LogP contribution in [0.2, 0.25) is 0 Å². The Labute approximate surface area is 118 Å². The molecule has 0 fully saturated rings. The molecule has 1 atom stereocenters. The summed E-state index contributed by atoms with van der Waals surface area (Å²) >= 11 is 0. The van der Waals surface area contributed by atoms with Crippen molar-refractivity contribution in [2.24, 2.45) is 0 Å². The van der Waals surface area contributed by atoms with Crippen LogP contribution in [0.15, 0.2) is 42.5 Å². The molecule has 0 bridgehead atoms. The third-order valence-electron chi connectivity index (χ3n) is 2.95. The van der Waals surface area contributed by atoms with E-state index in [0.717, 1.165) is 12.1 Å². The van der Waals surface area contributed by atoms with Crippen molar-refractivity contribution >= 4 is 0 Å². The van der Waals surface area contributed by atoms with Crippen LogP contribution in [0.5, 0.6) is 5.75 Å². The van der Waals surface area contributed by atoms with Crippen molar-refractivity contribution in [2.45, 2.75) is 19.1 Å². The molecule has 0 aliphatic heterocycles. The maximum atomic E-state index is 13.5. The minimum Gasteiger partial charge on any atom is -0.435 e. The van der Waals surface area contributed by atoms with Crippen LogP contribution in [0, 0.1) is 11.6 Å². The van der Waals surface area contributed by atoms with E-state index >= 15 is 0 Å². The highest BCUT2D eigenvalue weighted by molar-refractivity contribution is 5.30. The molecule has 0 amide bonds. The van der Waals surface area contributed by atoms with Crippen LogP contribution < -0.4 is 4.74 Å². The van der Waals surface area contributed by atoms with E-state index < -0.39 is 24.3 Å². The fourth-order valence-corrected chi connectivity index (χ4v) is 1.91. The van der Waals surface area contributed by atoms with E-state index in [2.05, 4.69) is 4.74 Å². The number of benzene rings is 2. The van der Waals surface area contributed by atoms with Crippen LogP contribution in [-0.4, -0.2) is 11.7 Å². The maximum Gasteiger partial charge on any atom is 0.387 e. The molecule has 0 spiro atoms. The van der Waals surface area contributed by atoms with E-state index in [1.807, 2.05) is 0 Å². The average molecular weight is 300 g/mol. The van der Waals surface area contributed by atoms with Crippen molar-refractivity contribution in [2.75, 3.05) is 0 Å². The summed E-state index contributed by atoms with van der Waals surface area (Å²) in [5.41, 5.74) is 0.122. The Hall–Kier alpha value is -2.08. The number of hydrogen-bond donors (Lipinski definition) is 1. The van der Waals surface area contributed by atoms with Gasteiger partial charge in [-0.1, -0.05) is 18.2 Å². The van der Waals surface area contributed by atoms with Crippen molar-refractivity contribution in [3.05, 3.63) is 65.2 Å². The Morgan fingerprint density at radius 3 is 2.05 bits per heavy atom. The Balaban J connectivity index is 2.11. The van der Waals surface area contributed by atoms with Crippen LogP contribution in [0.4, 0.5) is 17.6 Å². The van der Waals surface area contributed by atoms with Gasteiger partial charge < -0.3 is 9.84 Å². The summed E-state index contributed by atoms with van der Waals surface area (Å²) < 4.78 is 55.1. The lowest BCUT2D eigenvalue weighted by Gasteiger charge is -2.13. The molecule has 0 saturated heterocycles. The molecule has 1 unspecified atom stereocenters. The predicted molar refractivity (Wildman–Crippen MR) is 68.1 cm³/mol. The molecule has 0 aliphatic carbocycles. The highest BCUT2D eigenvalue weighted by Gasteiger charge is 2.15. The van der Waals surface area contributed by atoms with Gasteiger partial charge in [-0.05, 0) is 29.8 Å². The van der Waals surface area contributed by atoms with Gasteiger partial charge in [0.1, 0.15) is 17.4 Å². The van der Waals surface area contributed by atoms with E-state index in [4.69, 9.17) is 0 Å². The van der Waals surface area contributed by atoms with Gasteiger partial charge in [0.2, 0.25) is 0 Å². The zero-order chi connectivity index (χ0) is 15.4. The zero-order valence-electron chi connectivity index (χ0n) is 10.8. The molecule has 0 aliphatic rings. The summed E-state index contributed by atoms with van der Waals surface area (Å²) in [6.45, 7) is -2.94. The molecule has 112 valence electrons. The minimum absolute atomic E-state index is 0.0574. The molecule has 2 aromatic rings. The number of halogens is 4. The van der Waals surface area contributed by atoms with Crippen LogP contribution in [0.3, 0.4) is 0 Å². The van der Waals surface area contributed by atoms with Gasteiger partial charge in [0, 0.05) is 12.0 Å². The van der Waals surface area contributed by atoms with E-state index in [-0.39, 0.29) is 17.7 Å². The molecule has 2 nitrogen and oxygen atoms in total. The number of rotatable bonds is 5. The van der Waals surface area contributed by atoms with Gasteiger partial charge in [0.05, 0.1) is 6.10 Å². The average Bonchev–Trinajstić information content (AvgIpc) is 2.43. The lowest BCUT2D eigenvalue weighted by Crippen LogP contribution is -2.06. The summed E-state index contributed by atoms with van der Waals surface area (Å²) in [7, 11) is 0. The van der Waals surface area contributed by atoms with Gasteiger partial charge in [0.15, 0.2) is 0 Å². The number of aliphatic hydroxyl groups excluding tert-OH is 1. The summed E-state index contributed by atoms with van der Waals surface area (Å²) in [6, 6.07) is 8.67. The zero-order valence-corrected chi connectivity index (χ0v) is 10.8. The lowest BCUT2D eigenvalue weighted by molar-refractivity contribution is -0.0498. The number of ether oxygens (including phenoxy) is 1. The summed E-state index contributed by atoms with van der Waals surface area (Å²) in [4.78, 5) is 0. The lowest BCUT2D eigenvalue weighted by atomic mass is 10.0. The van der Waals surface area contributed by atoms with Crippen molar-refractivity contribution in [3.8, 4) is 5.75 Å². The molecule has 0 radical (unpaired) electrons. The Morgan fingerprint density at radius 2 is 1.52 bits per heavy atom. The minimum atomic E-state index is -2.94. The van der Waals surface area contributed by atoms with Crippen LogP contribution in [-0.2, 0) is 6.42 Å². The molecule has 0 saturated carbocycles. The molecular weight excluding hydrogens is 288 g/mol. The van der Waals surface area contributed by atoms with Gasteiger partial charge in [-0.15, -0.1) is 0 Å². The molecule has 2 rings (SSSR count). The van der Waals surface area contributed by atoms with Crippen molar-refractivity contribution < 1.29 is 27.4 Å². The first-order valence-corrected chi connectivity index (χ1v) is 6.13. The third-order valence-corrected chi connectivity index (χ3v) is 2.95. The van der Waals surface area contributed by atoms with Crippen LogP contribution >= 0.6 is 0 Å². The fraction of sp³-hybridized carbons (Fsp3) is 0.200. The molecule has 2 aromatic carbocycles. The molecule has 0 heterocycles. The molecule has 1 N–H and O–H groups in total. The Morgan fingerprint density at radius 1 is 0.952 bits per heavy atom. The number of hydrogen-bond acceptors (Lipinski definition) is 2. The first-order valence-electron chi connectivity index (χ1n) is 6.13. The van der Waals surface area contributed by atoms with Crippen molar-refractivity contribution in [1.82, 2.24) is 0 Å². The van der Waals surface area contributed by atoms with Gasteiger partial charge in [-0.2, -0.15) is 8.78 Å². The summed E-state index contributed by atoms with van der Waals surface area (Å²) in [5.74, 6) is -1.54. The van der Waals surface area contributed by atoms with E-state index in [1.165, 1.54) is 30.3 Å². The molecular formula is C15H12F4O2.